The summed E-state index contributed by atoms with van der Waals surface area (Å²) >= 11 is 0. The van der Waals surface area contributed by atoms with Crippen LogP contribution in [0, 0.1) is 5.92 Å². The lowest BCUT2D eigenvalue weighted by atomic mass is 10.1. The third-order valence-corrected chi connectivity index (χ3v) is 2.36. The predicted molar refractivity (Wildman–Crippen MR) is 64.2 cm³/mol. The molecule has 0 amide bonds. The standard InChI is InChI=1S/2C7H10/c2*1-7-5-3-2-4-6-7/h3-7H,2H2,1H3;2-3,6H,4-5H2,1H3. The Labute approximate surface area is 87.7 Å². The smallest absolute Gasteiger partial charge is 0.00817 e. The summed E-state index contributed by atoms with van der Waals surface area (Å²) in [6.45, 7) is 4.36. The largest absolute Gasteiger partial charge is 0.0844 e. The average Bonchev–Trinajstić information content (AvgIpc) is 2.21. The van der Waals surface area contributed by atoms with E-state index in [1.807, 2.05) is 0 Å². The number of hydrogen-bond acceptors (Lipinski definition) is 0. The maximum Gasteiger partial charge on any atom is -0.00817 e. The van der Waals surface area contributed by atoms with E-state index in [1.54, 1.807) is 0 Å². The van der Waals surface area contributed by atoms with Gasteiger partial charge in [-0.2, -0.15) is 0 Å². The topological polar surface area (TPSA) is 0 Å². The Morgan fingerprint density at radius 2 is 1.71 bits per heavy atom. The van der Waals surface area contributed by atoms with Crippen molar-refractivity contribution in [2.75, 3.05) is 0 Å². The molecule has 2 aliphatic rings. The molecular weight excluding hydrogens is 168 g/mol. The van der Waals surface area contributed by atoms with Gasteiger partial charge in [0.15, 0.2) is 0 Å². The second-order valence-corrected chi connectivity index (χ2v) is 3.91. The Hall–Kier alpha value is -1.04. The van der Waals surface area contributed by atoms with Gasteiger partial charge in [0.05, 0.1) is 0 Å². The van der Waals surface area contributed by atoms with Gasteiger partial charge in [-0.3, -0.25) is 0 Å². The van der Waals surface area contributed by atoms with E-state index in [1.165, 1.54) is 12.0 Å². The van der Waals surface area contributed by atoms with Crippen LogP contribution in [0.5, 0.6) is 0 Å². The van der Waals surface area contributed by atoms with Crippen molar-refractivity contribution in [1.29, 1.82) is 0 Å². The quantitative estimate of drug-likeness (QED) is 0.494. The van der Waals surface area contributed by atoms with Crippen molar-refractivity contribution >= 4 is 0 Å². The fraction of sp³-hybridized carbons (Fsp3) is 0.429. The van der Waals surface area contributed by atoms with Gasteiger partial charge in [-0.1, -0.05) is 55.0 Å². The molecule has 0 spiro atoms. The first-order chi connectivity index (χ1) is 6.79. The second kappa shape index (κ2) is 6.42. The summed E-state index contributed by atoms with van der Waals surface area (Å²) in [6.07, 6.45) is 19.0. The van der Waals surface area contributed by atoms with Crippen molar-refractivity contribution in [2.24, 2.45) is 5.92 Å². The zero-order valence-corrected chi connectivity index (χ0v) is 9.24. The average molecular weight is 188 g/mol. The van der Waals surface area contributed by atoms with Crippen LogP contribution >= 0.6 is 0 Å². The van der Waals surface area contributed by atoms with Crippen LogP contribution in [-0.4, -0.2) is 0 Å². The lowest BCUT2D eigenvalue weighted by Crippen LogP contribution is -1.84. The van der Waals surface area contributed by atoms with Crippen LogP contribution in [0.4, 0.5) is 0 Å². The molecule has 0 heterocycles. The van der Waals surface area contributed by atoms with Gasteiger partial charge in [0.25, 0.3) is 0 Å². The van der Waals surface area contributed by atoms with E-state index >= 15 is 0 Å². The maximum atomic E-state index is 2.26. The SMILES string of the molecule is CC1=CCC=CC1.CC1C=CCC=C1. The highest BCUT2D eigenvalue weighted by Gasteiger charge is 1.90. The first-order valence-corrected chi connectivity index (χ1v) is 5.43. The Morgan fingerprint density at radius 1 is 1.00 bits per heavy atom. The van der Waals surface area contributed by atoms with E-state index in [9.17, 15) is 0 Å². The summed E-state index contributed by atoms with van der Waals surface area (Å²) < 4.78 is 0. The second-order valence-electron chi connectivity index (χ2n) is 3.91. The van der Waals surface area contributed by atoms with Crippen molar-refractivity contribution in [3.63, 3.8) is 0 Å². The summed E-state index contributed by atoms with van der Waals surface area (Å²) in [5, 5.41) is 0. The molecule has 14 heavy (non-hydrogen) atoms. The van der Waals surface area contributed by atoms with Crippen molar-refractivity contribution < 1.29 is 0 Å². The lowest BCUT2D eigenvalue weighted by molar-refractivity contribution is 0.911. The molecule has 76 valence electrons. The molecule has 0 N–H and O–H groups in total. The maximum absolute atomic E-state index is 2.26. The third-order valence-electron chi connectivity index (χ3n) is 2.36. The highest BCUT2D eigenvalue weighted by atomic mass is 14.0. The minimum absolute atomic E-state index is 0.675. The zero-order chi connectivity index (χ0) is 10.2. The molecule has 0 aromatic carbocycles. The minimum atomic E-state index is 0.675. The summed E-state index contributed by atoms with van der Waals surface area (Å²) in [4.78, 5) is 0. The fourth-order valence-corrected chi connectivity index (χ4v) is 1.45. The number of allylic oxidation sites excluding steroid dienone is 8. The van der Waals surface area contributed by atoms with E-state index in [4.69, 9.17) is 0 Å². The Bertz CT molecular complexity index is 252. The molecule has 0 bridgehead atoms. The Morgan fingerprint density at radius 3 is 2.00 bits per heavy atom. The normalized spacial score (nSPS) is 20.0. The van der Waals surface area contributed by atoms with E-state index in [0.29, 0.717) is 5.92 Å². The first kappa shape index (κ1) is 11.0. The summed E-state index contributed by atoms with van der Waals surface area (Å²) in [5.74, 6) is 0.675. The molecule has 0 aliphatic heterocycles. The van der Waals surface area contributed by atoms with Crippen molar-refractivity contribution in [3.05, 3.63) is 48.1 Å². The van der Waals surface area contributed by atoms with E-state index in [-0.39, 0.29) is 0 Å². The summed E-state index contributed by atoms with van der Waals surface area (Å²) in [6, 6.07) is 0. The van der Waals surface area contributed by atoms with Gasteiger partial charge >= 0.3 is 0 Å². The Kier molecular flexibility index (Phi) is 5.06. The molecule has 0 saturated carbocycles. The van der Waals surface area contributed by atoms with Crippen LogP contribution in [0.2, 0.25) is 0 Å². The molecule has 0 heteroatoms. The van der Waals surface area contributed by atoms with Gasteiger partial charge in [-0.25, -0.2) is 0 Å². The highest BCUT2D eigenvalue weighted by Crippen LogP contribution is 2.08. The van der Waals surface area contributed by atoms with Gasteiger partial charge < -0.3 is 0 Å². The van der Waals surface area contributed by atoms with Crippen LogP contribution in [0.3, 0.4) is 0 Å². The minimum Gasteiger partial charge on any atom is -0.0844 e. The van der Waals surface area contributed by atoms with Crippen LogP contribution in [-0.2, 0) is 0 Å². The molecule has 0 aromatic rings. The van der Waals surface area contributed by atoms with Gasteiger partial charge in [-0.05, 0) is 32.1 Å². The number of rotatable bonds is 0. The van der Waals surface area contributed by atoms with E-state index < -0.39 is 0 Å². The van der Waals surface area contributed by atoms with Crippen molar-refractivity contribution in [3.8, 4) is 0 Å². The lowest BCUT2D eigenvalue weighted by Gasteiger charge is -1.99. The van der Waals surface area contributed by atoms with Crippen molar-refractivity contribution in [1.82, 2.24) is 0 Å². The molecule has 0 aromatic heterocycles. The third kappa shape index (κ3) is 4.86. The van der Waals surface area contributed by atoms with Crippen molar-refractivity contribution in [2.45, 2.75) is 33.1 Å². The van der Waals surface area contributed by atoms with E-state index in [2.05, 4.69) is 56.4 Å². The number of hydrogen-bond donors (Lipinski definition) is 0. The zero-order valence-electron chi connectivity index (χ0n) is 9.24. The van der Waals surface area contributed by atoms with Gasteiger partial charge in [0.1, 0.15) is 0 Å². The van der Waals surface area contributed by atoms with Crippen LogP contribution in [0.15, 0.2) is 48.1 Å². The van der Waals surface area contributed by atoms with Crippen LogP contribution in [0.1, 0.15) is 33.1 Å². The van der Waals surface area contributed by atoms with Crippen LogP contribution in [0.25, 0.3) is 0 Å². The fourth-order valence-electron chi connectivity index (χ4n) is 1.45. The van der Waals surface area contributed by atoms with Crippen LogP contribution < -0.4 is 0 Å². The van der Waals surface area contributed by atoms with Gasteiger partial charge in [0, 0.05) is 0 Å². The Balaban J connectivity index is 0.000000140. The molecule has 0 saturated heterocycles. The van der Waals surface area contributed by atoms with Gasteiger partial charge in [-0.15, -0.1) is 0 Å². The highest BCUT2D eigenvalue weighted by molar-refractivity contribution is 5.11. The molecule has 2 aliphatic carbocycles. The first-order valence-electron chi connectivity index (χ1n) is 5.43. The molecule has 0 unspecified atom stereocenters. The molecule has 0 nitrogen and oxygen atoms in total. The molecule has 2 rings (SSSR count). The monoisotopic (exact) mass is 188 g/mol. The van der Waals surface area contributed by atoms with E-state index in [0.717, 1.165) is 12.8 Å². The predicted octanol–water partition coefficient (Wildman–Crippen LogP) is 4.42. The summed E-state index contributed by atoms with van der Waals surface area (Å²) in [7, 11) is 0. The molecule has 0 fully saturated rings. The molecular formula is C14H20. The summed E-state index contributed by atoms with van der Waals surface area (Å²) in [5.41, 5.74) is 1.50. The molecule has 0 radical (unpaired) electrons. The molecule has 0 atom stereocenters. The van der Waals surface area contributed by atoms with Gasteiger partial charge in [0.2, 0.25) is 0 Å².